The molecule has 20 heavy (non-hydrogen) atoms. The van der Waals surface area contributed by atoms with Crippen LogP contribution >= 0.6 is 11.6 Å². The molecule has 1 aromatic rings. The number of amides is 1. The number of hydrogen-bond acceptors (Lipinski definition) is 6. The fourth-order valence-electron chi connectivity index (χ4n) is 1.46. The summed E-state index contributed by atoms with van der Waals surface area (Å²) >= 11 is 5.67. The minimum absolute atomic E-state index is 0.217. The molecule has 1 amide bonds. The molecule has 0 saturated carbocycles. The first-order chi connectivity index (χ1) is 9.40. The van der Waals surface area contributed by atoms with Gasteiger partial charge in [0.05, 0.1) is 24.7 Å². The summed E-state index contributed by atoms with van der Waals surface area (Å²) in [5.41, 5.74) is -2.59. The summed E-state index contributed by atoms with van der Waals surface area (Å²) in [4.78, 5) is 22.1. The molecule has 0 fully saturated rings. The van der Waals surface area contributed by atoms with Crippen LogP contribution in [0, 0.1) is 10.1 Å². The molecule has 4 N–H and O–H groups in total. The van der Waals surface area contributed by atoms with Gasteiger partial charge in [-0.15, -0.1) is 0 Å². The lowest BCUT2D eigenvalue weighted by atomic mass is 10.0. The van der Waals surface area contributed by atoms with E-state index in [1.54, 1.807) is 0 Å². The molecule has 1 rings (SSSR count). The van der Waals surface area contributed by atoms with Crippen LogP contribution < -0.4 is 5.32 Å². The van der Waals surface area contributed by atoms with E-state index in [4.69, 9.17) is 26.9 Å². The molecule has 0 aliphatic heterocycles. The highest BCUT2D eigenvalue weighted by Gasteiger charge is 2.33. The van der Waals surface area contributed by atoms with Crippen LogP contribution in [0.1, 0.15) is 10.4 Å². The van der Waals surface area contributed by atoms with Crippen LogP contribution in [0.4, 0.5) is 5.69 Å². The van der Waals surface area contributed by atoms with Crippen molar-refractivity contribution >= 4 is 23.2 Å². The molecule has 0 atom stereocenters. The lowest BCUT2D eigenvalue weighted by Crippen LogP contribution is -2.57. The van der Waals surface area contributed by atoms with Crippen LogP contribution in [0.5, 0.6) is 0 Å². The number of nitro groups is 1. The molecule has 8 nitrogen and oxygen atoms in total. The number of carbonyl (C=O) groups excluding carboxylic acids is 1. The van der Waals surface area contributed by atoms with Gasteiger partial charge in [0.25, 0.3) is 5.91 Å². The predicted molar refractivity (Wildman–Crippen MR) is 69.6 cm³/mol. The fraction of sp³-hybridized carbons (Fsp3) is 0.364. The number of rotatable bonds is 6. The van der Waals surface area contributed by atoms with E-state index < -0.39 is 41.9 Å². The Morgan fingerprint density at radius 3 is 2.30 bits per heavy atom. The third-order valence-electron chi connectivity index (χ3n) is 2.70. The summed E-state index contributed by atoms with van der Waals surface area (Å²) in [6, 6.07) is 3.78. The zero-order valence-corrected chi connectivity index (χ0v) is 11.0. The molecule has 110 valence electrons. The van der Waals surface area contributed by atoms with Gasteiger partial charge in [0, 0.05) is 0 Å². The minimum atomic E-state index is -1.67. The molecule has 0 aliphatic carbocycles. The van der Waals surface area contributed by atoms with Crippen LogP contribution in [-0.4, -0.2) is 51.5 Å². The van der Waals surface area contributed by atoms with E-state index in [1.165, 1.54) is 18.2 Å². The van der Waals surface area contributed by atoms with Gasteiger partial charge in [0.1, 0.15) is 16.1 Å². The van der Waals surface area contributed by atoms with Gasteiger partial charge >= 0.3 is 5.69 Å². The Bertz CT molecular complexity index is 509. The van der Waals surface area contributed by atoms with Crippen molar-refractivity contribution in [1.82, 2.24) is 5.32 Å². The zero-order valence-electron chi connectivity index (χ0n) is 10.2. The van der Waals surface area contributed by atoms with Gasteiger partial charge in [-0.2, -0.15) is 0 Å². The maximum Gasteiger partial charge on any atom is 0.300 e. The minimum Gasteiger partial charge on any atom is -0.394 e. The molecule has 0 aromatic heterocycles. The highest BCUT2D eigenvalue weighted by atomic mass is 35.5. The standard InChI is InChI=1S/C11H13ClN2O6/c12-8-3-1-2-7(9(8)14(19)20)10(18)13-11(4-15,5-16)6-17/h1-3,15-17H,4-6H2,(H,13,18). The van der Waals surface area contributed by atoms with Crippen molar-refractivity contribution in [1.29, 1.82) is 0 Å². The lowest BCUT2D eigenvalue weighted by Gasteiger charge is -2.28. The Balaban J connectivity index is 3.16. The first-order valence-corrected chi connectivity index (χ1v) is 5.86. The molecule has 0 bridgehead atoms. The van der Waals surface area contributed by atoms with Crippen molar-refractivity contribution in [3.8, 4) is 0 Å². The molecular weight excluding hydrogens is 292 g/mol. The van der Waals surface area contributed by atoms with Crippen LogP contribution in [0.15, 0.2) is 18.2 Å². The number of nitrogens with one attached hydrogen (secondary N) is 1. The molecule has 0 unspecified atom stereocenters. The molecule has 0 spiro atoms. The van der Waals surface area contributed by atoms with Gasteiger partial charge in [0.2, 0.25) is 0 Å². The van der Waals surface area contributed by atoms with E-state index in [-0.39, 0.29) is 10.6 Å². The normalized spacial score (nSPS) is 11.2. The Hall–Kier alpha value is -1.74. The van der Waals surface area contributed by atoms with Gasteiger partial charge in [-0.3, -0.25) is 14.9 Å². The van der Waals surface area contributed by atoms with Gasteiger partial charge in [0.15, 0.2) is 0 Å². The molecule has 1 aromatic carbocycles. The van der Waals surface area contributed by atoms with Crippen molar-refractivity contribution in [3.63, 3.8) is 0 Å². The largest absolute Gasteiger partial charge is 0.394 e. The van der Waals surface area contributed by atoms with E-state index in [0.29, 0.717) is 0 Å². The van der Waals surface area contributed by atoms with Crippen LogP contribution in [0.3, 0.4) is 0 Å². The first kappa shape index (κ1) is 16.3. The number of para-hydroxylation sites is 1. The predicted octanol–water partition coefficient (Wildman–Crippen LogP) is -0.306. The summed E-state index contributed by atoms with van der Waals surface area (Å²) in [5.74, 6) is -0.934. The Kier molecular flexibility index (Phi) is 5.40. The maximum absolute atomic E-state index is 12.0. The molecule has 0 heterocycles. The summed E-state index contributed by atoms with van der Waals surface area (Å²) in [6.07, 6.45) is 0. The summed E-state index contributed by atoms with van der Waals surface area (Å²) in [7, 11) is 0. The molecule has 0 aliphatic rings. The fourth-order valence-corrected chi connectivity index (χ4v) is 1.70. The smallest absolute Gasteiger partial charge is 0.300 e. The van der Waals surface area contributed by atoms with E-state index in [2.05, 4.69) is 5.32 Å². The number of carbonyl (C=O) groups is 1. The summed E-state index contributed by atoms with van der Waals surface area (Å²) < 4.78 is 0. The van der Waals surface area contributed by atoms with Crippen molar-refractivity contribution in [2.75, 3.05) is 19.8 Å². The van der Waals surface area contributed by atoms with Crippen molar-refractivity contribution < 1.29 is 25.0 Å². The molecular formula is C11H13ClN2O6. The third kappa shape index (κ3) is 3.23. The highest BCUT2D eigenvalue weighted by molar-refractivity contribution is 6.33. The van der Waals surface area contributed by atoms with Gasteiger partial charge < -0.3 is 20.6 Å². The first-order valence-electron chi connectivity index (χ1n) is 5.49. The number of nitrogens with zero attached hydrogens (tertiary/aromatic N) is 1. The topological polar surface area (TPSA) is 133 Å². The highest BCUT2D eigenvalue weighted by Crippen LogP contribution is 2.28. The van der Waals surface area contributed by atoms with Crippen LogP contribution in [0.25, 0.3) is 0 Å². The number of nitro benzene ring substituents is 1. The molecule has 9 heteroatoms. The quantitative estimate of drug-likeness (QED) is 0.421. The number of halogens is 1. The molecule has 0 saturated heterocycles. The second-order valence-electron chi connectivity index (χ2n) is 4.10. The van der Waals surface area contributed by atoms with Crippen molar-refractivity contribution in [2.24, 2.45) is 0 Å². The number of hydrogen-bond donors (Lipinski definition) is 4. The molecule has 0 radical (unpaired) electrons. The van der Waals surface area contributed by atoms with Crippen molar-refractivity contribution in [2.45, 2.75) is 5.54 Å². The Morgan fingerprint density at radius 2 is 1.85 bits per heavy atom. The lowest BCUT2D eigenvalue weighted by molar-refractivity contribution is -0.385. The Morgan fingerprint density at radius 1 is 1.30 bits per heavy atom. The number of aliphatic hydroxyl groups is 3. The van der Waals surface area contributed by atoms with E-state index in [9.17, 15) is 14.9 Å². The second-order valence-corrected chi connectivity index (χ2v) is 4.51. The average Bonchev–Trinajstić information content (AvgIpc) is 2.44. The van der Waals surface area contributed by atoms with Gasteiger partial charge in [-0.1, -0.05) is 17.7 Å². The van der Waals surface area contributed by atoms with Gasteiger partial charge in [-0.05, 0) is 12.1 Å². The zero-order chi connectivity index (χ0) is 15.3. The van der Waals surface area contributed by atoms with Crippen LogP contribution in [-0.2, 0) is 0 Å². The number of aliphatic hydroxyl groups excluding tert-OH is 3. The van der Waals surface area contributed by atoms with Crippen LogP contribution in [0.2, 0.25) is 5.02 Å². The number of benzene rings is 1. The SMILES string of the molecule is O=C(NC(CO)(CO)CO)c1cccc(Cl)c1[N+](=O)[O-]. The van der Waals surface area contributed by atoms with E-state index >= 15 is 0 Å². The Labute approximate surface area is 118 Å². The second kappa shape index (κ2) is 6.62. The average molecular weight is 305 g/mol. The van der Waals surface area contributed by atoms with E-state index in [1.807, 2.05) is 0 Å². The van der Waals surface area contributed by atoms with E-state index in [0.717, 1.165) is 0 Å². The summed E-state index contributed by atoms with van der Waals surface area (Å²) in [6.45, 7) is -2.21. The maximum atomic E-state index is 12.0. The third-order valence-corrected chi connectivity index (χ3v) is 3.01. The monoisotopic (exact) mass is 304 g/mol. The van der Waals surface area contributed by atoms with Gasteiger partial charge in [-0.25, -0.2) is 0 Å². The summed E-state index contributed by atoms with van der Waals surface area (Å²) in [5, 5.41) is 40.2. The van der Waals surface area contributed by atoms with Crippen molar-refractivity contribution in [3.05, 3.63) is 38.9 Å².